The molecule has 7 heteroatoms. The van der Waals surface area contributed by atoms with Crippen LogP contribution in [-0.4, -0.2) is 84.1 Å². The fourth-order valence-electron chi connectivity index (χ4n) is 4.86. The van der Waals surface area contributed by atoms with E-state index in [9.17, 15) is 4.79 Å². The first-order valence-electron chi connectivity index (χ1n) is 12.0. The predicted molar refractivity (Wildman–Crippen MR) is 132 cm³/mol. The molecule has 2 saturated heterocycles. The molecule has 0 saturated carbocycles. The van der Waals surface area contributed by atoms with E-state index >= 15 is 0 Å². The Morgan fingerprint density at radius 1 is 1.03 bits per heavy atom. The van der Waals surface area contributed by atoms with E-state index < -0.39 is 0 Å². The molecular weight excluding hydrogens is 412 g/mol. The number of carbonyl (C=O) groups is 1. The van der Waals surface area contributed by atoms with Crippen LogP contribution in [0, 0.1) is 0 Å². The van der Waals surface area contributed by atoms with Crippen LogP contribution in [0.15, 0.2) is 66.5 Å². The first kappa shape index (κ1) is 21.8. The van der Waals surface area contributed by atoms with Crippen molar-refractivity contribution in [2.24, 2.45) is 0 Å². The summed E-state index contributed by atoms with van der Waals surface area (Å²) < 4.78 is 0. The van der Waals surface area contributed by atoms with Gasteiger partial charge < -0.3 is 15.1 Å². The molecule has 2 aliphatic heterocycles. The van der Waals surface area contributed by atoms with Gasteiger partial charge in [-0.2, -0.15) is 0 Å². The summed E-state index contributed by atoms with van der Waals surface area (Å²) in [5.74, 6) is 1.18. The Balaban J connectivity index is 1.29. The number of carbonyl (C=O) groups excluding carboxylic acids is 1. The molecule has 1 aliphatic carbocycles. The number of amides is 1. The van der Waals surface area contributed by atoms with Crippen molar-refractivity contribution in [1.29, 1.82) is 0 Å². The maximum absolute atomic E-state index is 13.7. The maximum atomic E-state index is 13.7. The number of anilines is 1. The van der Waals surface area contributed by atoms with Crippen molar-refractivity contribution in [3.05, 3.63) is 66.5 Å². The summed E-state index contributed by atoms with van der Waals surface area (Å²) in [7, 11) is 0. The average molecular weight is 445 g/mol. The highest BCUT2D eigenvalue weighted by Crippen LogP contribution is 2.24. The lowest BCUT2D eigenvalue weighted by Crippen LogP contribution is -2.57. The van der Waals surface area contributed by atoms with Gasteiger partial charge in [0.2, 0.25) is 5.91 Å². The second kappa shape index (κ2) is 10.3. The summed E-state index contributed by atoms with van der Waals surface area (Å²) in [6.45, 7) is 6.62. The first-order valence-corrected chi connectivity index (χ1v) is 12.0. The van der Waals surface area contributed by atoms with E-state index in [0.29, 0.717) is 13.1 Å². The fourth-order valence-corrected chi connectivity index (χ4v) is 4.86. The molecule has 1 unspecified atom stereocenters. The van der Waals surface area contributed by atoms with Gasteiger partial charge in [0.1, 0.15) is 18.2 Å². The molecule has 172 valence electrons. The van der Waals surface area contributed by atoms with Crippen molar-refractivity contribution in [1.82, 2.24) is 25.1 Å². The zero-order chi connectivity index (χ0) is 22.5. The van der Waals surface area contributed by atoms with E-state index in [2.05, 4.69) is 61.5 Å². The number of nitrogens with one attached hydrogen (secondary N) is 1. The molecule has 1 aromatic carbocycles. The number of piperazine rings is 2. The van der Waals surface area contributed by atoms with Crippen LogP contribution in [0.25, 0.3) is 10.9 Å². The Labute approximate surface area is 195 Å². The largest absolute Gasteiger partial charge is 0.352 e. The van der Waals surface area contributed by atoms with Crippen molar-refractivity contribution in [2.45, 2.75) is 18.9 Å². The summed E-state index contributed by atoms with van der Waals surface area (Å²) in [4.78, 5) is 29.2. The van der Waals surface area contributed by atoms with Crippen LogP contribution in [0.4, 0.5) is 5.82 Å². The van der Waals surface area contributed by atoms with Crippen molar-refractivity contribution in [3.8, 4) is 0 Å². The number of hydrogen-bond acceptors (Lipinski definition) is 6. The number of hydrogen-bond donors (Lipinski definition) is 1. The van der Waals surface area contributed by atoms with Gasteiger partial charge in [-0.05, 0) is 30.5 Å². The Bertz CT molecular complexity index is 1060. The van der Waals surface area contributed by atoms with Crippen molar-refractivity contribution >= 4 is 22.6 Å². The molecule has 3 heterocycles. The van der Waals surface area contributed by atoms with Crippen LogP contribution in [0.5, 0.6) is 0 Å². The summed E-state index contributed by atoms with van der Waals surface area (Å²) in [6.07, 6.45) is 14.5. The van der Waals surface area contributed by atoms with E-state index in [0.717, 1.165) is 68.8 Å². The molecule has 5 rings (SSSR count). The van der Waals surface area contributed by atoms with Crippen LogP contribution in [-0.2, 0) is 4.79 Å². The third kappa shape index (κ3) is 4.99. The van der Waals surface area contributed by atoms with E-state index in [1.165, 1.54) is 5.57 Å². The quantitative estimate of drug-likeness (QED) is 0.764. The maximum Gasteiger partial charge on any atom is 0.244 e. The lowest BCUT2D eigenvalue weighted by atomic mass is 10.0. The topological polar surface area (TPSA) is 64.6 Å². The minimum absolute atomic E-state index is 0.203. The highest BCUT2D eigenvalue weighted by molar-refractivity contribution is 5.89. The van der Waals surface area contributed by atoms with E-state index in [1.54, 1.807) is 6.33 Å². The smallest absolute Gasteiger partial charge is 0.244 e. The molecule has 7 nitrogen and oxygen atoms in total. The molecule has 1 aromatic heterocycles. The molecule has 33 heavy (non-hydrogen) atoms. The number of benzene rings is 1. The minimum atomic E-state index is -0.203. The monoisotopic (exact) mass is 444 g/mol. The molecular formula is C26H32N6O. The van der Waals surface area contributed by atoms with Gasteiger partial charge >= 0.3 is 0 Å². The Morgan fingerprint density at radius 3 is 2.64 bits per heavy atom. The van der Waals surface area contributed by atoms with Crippen molar-refractivity contribution < 1.29 is 4.79 Å². The molecule has 1 atom stereocenters. The summed E-state index contributed by atoms with van der Waals surface area (Å²) >= 11 is 0. The van der Waals surface area contributed by atoms with E-state index in [4.69, 9.17) is 0 Å². The fraction of sp³-hybridized carbons (Fsp3) is 0.423. The summed E-state index contributed by atoms with van der Waals surface area (Å²) in [5.41, 5.74) is 2.25. The number of nitrogens with zero attached hydrogens (tertiary/aromatic N) is 5. The van der Waals surface area contributed by atoms with Crippen LogP contribution < -0.4 is 10.2 Å². The van der Waals surface area contributed by atoms with E-state index in [-0.39, 0.29) is 11.9 Å². The van der Waals surface area contributed by atoms with Crippen LogP contribution in [0.2, 0.25) is 0 Å². The minimum Gasteiger partial charge on any atom is -0.352 e. The molecule has 2 fully saturated rings. The summed E-state index contributed by atoms with van der Waals surface area (Å²) in [5, 5.41) is 4.47. The van der Waals surface area contributed by atoms with Crippen LogP contribution in [0.3, 0.4) is 0 Å². The van der Waals surface area contributed by atoms with Gasteiger partial charge in [0.25, 0.3) is 0 Å². The number of aromatic nitrogens is 2. The Hall–Kier alpha value is -3.03. The van der Waals surface area contributed by atoms with Crippen molar-refractivity contribution in [3.63, 3.8) is 0 Å². The highest BCUT2D eigenvalue weighted by Gasteiger charge is 2.31. The van der Waals surface area contributed by atoms with Gasteiger partial charge in [0.05, 0.1) is 5.52 Å². The number of para-hydroxylation sites is 1. The molecule has 0 bridgehead atoms. The number of fused-ring (bicyclic) bond motifs is 1. The molecule has 3 aliphatic rings. The zero-order valence-electron chi connectivity index (χ0n) is 19.1. The summed E-state index contributed by atoms with van der Waals surface area (Å²) in [6, 6.07) is 7.91. The van der Waals surface area contributed by atoms with Crippen LogP contribution in [0.1, 0.15) is 12.8 Å². The third-order valence-corrected chi connectivity index (χ3v) is 6.75. The second-order valence-corrected chi connectivity index (χ2v) is 8.83. The lowest BCUT2D eigenvalue weighted by molar-refractivity contribution is -0.135. The number of allylic oxidation sites excluding steroid dienone is 5. The van der Waals surface area contributed by atoms with Gasteiger partial charge in [-0.3, -0.25) is 9.69 Å². The molecule has 0 spiro atoms. The molecule has 1 amide bonds. The predicted octanol–water partition coefficient (Wildman–Crippen LogP) is 2.38. The highest BCUT2D eigenvalue weighted by atomic mass is 16.2. The molecule has 1 N–H and O–H groups in total. The standard InChI is InChI=1S/C26H32N6O/c33-26(24(30-14-12-27-13-15-30)11-10-21-6-2-1-3-7-21)32-18-16-31(17-19-32)25-22-8-4-5-9-23(22)28-20-29-25/h1-2,4-6,8-11,20,24,27H,3,7,12-19H2. The molecule has 0 radical (unpaired) electrons. The van der Waals surface area contributed by atoms with Gasteiger partial charge in [-0.15, -0.1) is 0 Å². The third-order valence-electron chi connectivity index (χ3n) is 6.75. The van der Waals surface area contributed by atoms with Gasteiger partial charge in [-0.25, -0.2) is 9.97 Å². The SMILES string of the molecule is O=C(C(C=CC1=CC=CCC1)N1CCNCC1)N1CCN(c2ncnc3ccccc23)CC1. The number of rotatable bonds is 5. The lowest BCUT2D eigenvalue weighted by Gasteiger charge is -2.40. The van der Waals surface area contributed by atoms with Gasteiger partial charge in [0, 0.05) is 57.7 Å². The van der Waals surface area contributed by atoms with Gasteiger partial charge in [0.15, 0.2) is 0 Å². The Kier molecular flexibility index (Phi) is 6.79. The average Bonchev–Trinajstić information content (AvgIpc) is 2.90. The second-order valence-electron chi connectivity index (χ2n) is 8.83. The normalized spacial score (nSPS) is 20.9. The van der Waals surface area contributed by atoms with Crippen molar-refractivity contribution in [2.75, 3.05) is 57.3 Å². The van der Waals surface area contributed by atoms with Crippen LogP contribution >= 0.6 is 0 Å². The molecule has 2 aromatic rings. The van der Waals surface area contributed by atoms with Gasteiger partial charge in [-0.1, -0.05) is 42.5 Å². The first-order chi connectivity index (χ1) is 16.3. The zero-order valence-corrected chi connectivity index (χ0v) is 19.1. The van der Waals surface area contributed by atoms with E-state index in [1.807, 2.05) is 23.1 Å². The Morgan fingerprint density at radius 2 is 1.85 bits per heavy atom.